The maximum atomic E-state index is 9.58. The van der Waals surface area contributed by atoms with Crippen molar-refractivity contribution in [1.82, 2.24) is 0 Å². The summed E-state index contributed by atoms with van der Waals surface area (Å²) in [5.74, 6) is 4.18. The Morgan fingerprint density at radius 1 is 2.00 bits per heavy atom. The molecule has 0 fully saturated rings. The second kappa shape index (κ2) is 1.80. The fourth-order valence-corrected chi connectivity index (χ4v) is 0. The first kappa shape index (κ1) is 6.25. The molecule has 3 N–H and O–H groups in total. The van der Waals surface area contributed by atoms with Crippen LogP contribution in [0.3, 0.4) is 0 Å². The van der Waals surface area contributed by atoms with Crippen molar-refractivity contribution >= 4 is 20.2 Å². The molecule has 0 aromatic carbocycles. The second-order valence-corrected chi connectivity index (χ2v) is 2.84. The lowest BCUT2D eigenvalue weighted by Crippen LogP contribution is -2.06. The van der Waals surface area contributed by atoms with Gasteiger partial charge in [-0.1, -0.05) is 0 Å². The van der Waals surface area contributed by atoms with E-state index in [1.165, 1.54) is 0 Å². The Hall–Kier alpha value is 0.250. The van der Waals surface area contributed by atoms with Crippen LogP contribution in [0.1, 0.15) is 0 Å². The van der Waals surface area contributed by atoms with Crippen LogP contribution in [0.15, 0.2) is 0 Å². The van der Waals surface area contributed by atoms with E-state index in [-0.39, 0.29) is 0 Å². The topological polar surface area (TPSA) is 72.5 Å². The van der Waals surface area contributed by atoms with Crippen molar-refractivity contribution < 1.29 is 13.0 Å². The summed E-state index contributed by atoms with van der Waals surface area (Å²) in [6.07, 6.45) is 0. The summed E-state index contributed by atoms with van der Waals surface area (Å²) in [6, 6.07) is 0. The molecule has 1 atom stereocenters. The number of hydrogen-bond acceptors (Lipinski definition) is 4. The third-order valence-corrected chi connectivity index (χ3v) is 0.601. The third-order valence-electron chi connectivity index (χ3n) is 0.122. The van der Waals surface area contributed by atoms with E-state index in [0.717, 1.165) is 0 Å². The van der Waals surface area contributed by atoms with E-state index >= 15 is 0 Å². The molecule has 0 rings (SSSR count). The Labute approximate surface area is 39.9 Å². The van der Waals surface area contributed by atoms with Crippen LogP contribution in [0.2, 0.25) is 0 Å². The van der Waals surface area contributed by atoms with Gasteiger partial charge in [-0.15, -0.1) is 0 Å². The summed E-state index contributed by atoms with van der Waals surface area (Å²) >= 11 is 3.72. The molecule has 0 saturated carbocycles. The second-order valence-electron chi connectivity index (χ2n) is 0.524. The molecule has 0 amide bonds. The lowest BCUT2D eigenvalue weighted by atomic mass is 13.6. The molecule has 38 valence electrons. The molecule has 0 aromatic rings. The largest absolute Gasteiger partial charge is 0.284 e. The standard InChI is InChI=1S/H3NO3S2/c1-4-6(2,3)5/h1H2,(H,2,3,5). The van der Waals surface area contributed by atoms with E-state index in [2.05, 4.69) is 21.4 Å². The lowest BCUT2D eigenvalue weighted by Gasteiger charge is -1.85. The van der Waals surface area contributed by atoms with E-state index in [9.17, 15) is 4.21 Å². The molecule has 6 heavy (non-hydrogen) atoms. The maximum Gasteiger partial charge on any atom is 0.282 e. The van der Waals surface area contributed by atoms with Crippen molar-refractivity contribution in [2.75, 3.05) is 0 Å². The van der Waals surface area contributed by atoms with Gasteiger partial charge in [0.15, 0.2) is 0 Å². The summed E-state index contributed by atoms with van der Waals surface area (Å²) in [4.78, 5) is 0. The monoisotopic (exact) mass is 129 g/mol. The zero-order chi connectivity index (χ0) is 5.21. The highest BCUT2D eigenvalue weighted by Gasteiger charge is 1.89. The number of nitrogens with two attached hydrogens (primary N) is 1. The Kier molecular flexibility index (Phi) is 1.88. The minimum Gasteiger partial charge on any atom is -0.284 e. The molecule has 0 heterocycles. The highest BCUT2D eigenvalue weighted by Crippen LogP contribution is 1.73. The predicted molar refractivity (Wildman–Crippen MR) is 23.4 cm³/mol. The molecule has 0 bridgehead atoms. The van der Waals surface area contributed by atoms with Gasteiger partial charge in [-0.25, -0.2) is 0 Å². The van der Waals surface area contributed by atoms with Crippen LogP contribution in [0.25, 0.3) is 0 Å². The third kappa shape index (κ3) is 4.25. The molecule has 1 unspecified atom stereocenters. The van der Waals surface area contributed by atoms with Crippen molar-refractivity contribution in [1.29, 1.82) is 0 Å². The van der Waals surface area contributed by atoms with Gasteiger partial charge >= 0.3 is 0 Å². The number of rotatable bonds is 1. The maximum absolute atomic E-state index is 9.58. The highest BCUT2D eigenvalue weighted by atomic mass is 32.9. The zero-order valence-corrected chi connectivity index (χ0v) is 4.29. The molecule has 0 aliphatic rings. The molecule has 6 heteroatoms. The van der Waals surface area contributed by atoms with Crippen LogP contribution in [0, 0.1) is 0 Å². The van der Waals surface area contributed by atoms with Crippen LogP contribution in [0.5, 0.6) is 0 Å². The van der Waals surface area contributed by atoms with Gasteiger partial charge in [-0.05, 0) is 0 Å². The zero-order valence-electron chi connectivity index (χ0n) is 2.66. The molecule has 0 saturated heterocycles. The van der Waals surface area contributed by atoms with Gasteiger partial charge in [0.2, 0.25) is 0 Å². The average molecular weight is 129 g/mol. The van der Waals surface area contributed by atoms with Crippen molar-refractivity contribution in [3.8, 4) is 0 Å². The summed E-state index contributed by atoms with van der Waals surface area (Å²) in [7, 11) is -3.55. The predicted octanol–water partition coefficient (Wildman–Crippen LogP) is -0.989. The summed E-state index contributed by atoms with van der Waals surface area (Å²) in [5.41, 5.74) is 0. The van der Waals surface area contributed by atoms with E-state index in [0.29, 0.717) is 0 Å². The number of hydrogen-bond donors (Lipinski definition) is 2. The Morgan fingerprint density at radius 3 is 2.17 bits per heavy atom. The summed E-state index contributed by atoms with van der Waals surface area (Å²) < 4.78 is 20.7. The van der Waals surface area contributed by atoms with Crippen LogP contribution < -0.4 is 5.90 Å². The highest BCUT2D eigenvalue weighted by molar-refractivity contribution is 8.27. The van der Waals surface area contributed by atoms with Crippen LogP contribution in [-0.4, -0.2) is 8.76 Å². The Bertz CT molecular complexity index is 111. The van der Waals surface area contributed by atoms with Crippen molar-refractivity contribution in [2.45, 2.75) is 0 Å². The quantitative estimate of drug-likeness (QED) is 0.445. The van der Waals surface area contributed by atoms with Gasteiger partial charge in [0, 0.05) is 11.2 Å². The molecule has 4 nitrogen and oxygen atoms in total. The molecule has 0 aliphatic carbocycles. The summed E-state index contributed by atoms with van der Waals surface area (Å²) in [6.45, 7) is 0. The van der Waals surface area contributed by atoms with Crippen molar-refractivity contribution in [3.63, 3.8) is 0 Å². The normalized spacial score (nSPS) is 19.7. The van der Waals surface area contributed by atoms with Crippen molar-refractivity contribution in [3.05, 3.63) is 0 Å². The van der Waals surface area contributed by atoms with Crippen LogP contribution in [-0.2, 0) is 24.5 Å². The van der Waals surface area contributed by atoms with E-state index in [1.54, 1.807) is 0 Å². The van der Waals surface area contributed by atoms with Gasteiger partial charge in [0.05, 0.1) is 0 Å². The average Bonchev–Trinajstić information content (AvgIpc) is 1.35. The van der Waals surface area contributed by atoms with Gasteiger partial charge in [-0.2, -0.15) is 14.4 Å². The molecule has 0 aliphatic heterocycles. The minimum atomic E-state index is -3.55. The fraction of sp³-hybridized carbons (Fsp3) is 0. The van der Waals surface area contributed by atoms with Crippen LogP contribution in [0.4, 0.5) is 0 Å². The fourth-order valence-electron chi connectivity index (χ4n) is 0. The summed E-state index contributed by atoms with van der Waals surface area (Å²) in [5, 5.41) is 0. The van der Waals surface area contributed by atoms with Gasteiger partial charge in [-0.3, -0.25) is 4.55 Å². The molecule has 0 aromatic heterocycles. The van der Waals surface area contributed by atoms with Gasteiger partial charge in [0.1, 0.15) is 0 Å². The molecular weight excluding hydrogens is 126 g/mol. The molecule has 0 radical (unpaired) electrons. The van der Waals surface area contributed by atoms with Gasteiger partial charge in [0.25, 0.3) is 9.05 Å². The smallest absolute Gasteiger partial charge is 0.282 e. The van der Waals surface area contributed by atoms with E-state index in [4.69, 9.17) is 4.55 Å². The van der Waals surface area contributed by atoms with E-state index < -0.39 is 9.05 Å². The van der Waals surface area contributed by atoms with Crippen molar-refractivity contribution in [2.24, 2.45) is 5.90 Å². The minimum absolute atomic E-state index is 3.34. The molecular formula is H3NO3S2. The van der Waals surface area contributed by atoms with Crippen LogP contribution >= 0.6 is 0 Å². The Balaban J connectivity index is 3.85. The molecule has 0 spiro atoms. The first-order valence-electron chi connectivity index (χ1n) is 0.918. The first-order valence-corrected chi connectivity index (χ1v) is 3.28. The van der Waals surface area contributed by atoms with Gasteiger partial charge < -0.3 is 0 Å². The lowest BCUT2D eigenvalue weighted by molar-refractivity contribution is 0.317. The van der Waals surface area contributed by atoms with E-state index in [1.807, 2.05) is 0 Å². The first-order chi connectivity index (χ1) is 2.56. The SMILES string of the molecule is NOS(=O)(O)=S. The Morgan fingerprint density at radius 2 is 2.17 bits per heavy atom.